The third-order valence-corrected chi connectivity index (χ3v) is 6.51. The van der Waals surface area contributed by atoms with Crippen LogP contribution in [0.15, 0.2) is 48.5 Å². The lowest BCUT2D eigenvalue weighted by Crippen LogP contribution is -2.48. The quantitative estimate of drug-likeness (QED) is 0.559. The van der Waals surface area contributed by atoms with E-state index in [0.717, 1.165) is 16.7 Å². The van der Waals surface area contributed by atoms with E-state index in [9.17, 15) is 9.59 Å². The van der Waals surface area contributed by atoms with Gasteiger partial charge in [-0.1, -0.05) is 71.3 Å². The summed E-state index contributed by atoms with van der Waals surface area (Å²) >= 11 is 7.73. The number of nitrogens with one attached hydrogen (secondary N) is 1. The Hall–Kier alpha value is -2.43. The van der Waals surface area contributed by atoms with Crippen molar-refractivity contribution >= 4 is 39.6 Å². The molecule has 0 bridgehead atoms. The number of thiophene rings is 1. The zero-order valence-electron chi connectivity index (χ0n) is 15.2. The van der Waals surface area contributed by atoms with Crippen LogP contribution in [0.3, 0.4) is 0 Å². The molecular weight excluding hydrogens is 378 g/mol. The monoisotopic (exact) mass is 395 g/mol. The summed E-state index contributed by atoms with van der Waals surface area (Å²) in [4.78, 5) is 26.5. The fourth-order valence-corrected chi connectivity index (χ4v) is 4.79. The molecule has 0 saturated heterocycles. The van der Waals surface area contributed by atoms with Gasteiger partial charge >= 0.3 is 0 Å². The number of hydrogen-bond acceptors (Lipinski definition) is 3. The molecule has 5 heteroatoms. The molecule has 3 nitrogen and oxygen atoms in total. The molecule has 4 rings (SSSR count). The van der Waals surface area contributed by atoms with Gasteiger partial charge in [-0.25, -0.2) is 0 Å². The molecule has 0 radical (unpaired) electrons. The van der Waals surface area contributed by atoms with Gasteiger partial charge in [-0.05, 0) is 31.9 Å². The summed E-state index contributed by atoms with van der Waals surface area (Å²) in [6, 6.07) is 15.4. The number of anilines is 1. The van der Waals surface area contributed by atoms with Crippen molar-refractivity contribution in [1.29, 1.82) is 0 Å². The maximum Gasteiger partial charge on any atom is 0.243 e. The summed E-state index contributed by atoms with van der Waals surface area (Å²) in [7, 11) is 0. The molecule has 0 saturated carbocycles. The first kappa shape index (κ1) is 18.0. The highest BCUT2D eigenvalue weighted by Crippen LogP contribution is 2.49. The first-order chi connectivity index (χ1) is 12.8. The number of ketones is 1. The third-order valence-electron chi connectivity index (χ3n) is 5.20. The van der Waals surface area contributed by atoms with Crippen molar-refractivity contribution in [2.75, 3.05) is 5.32 Å². The Kier molecular flexibility index (Phi) is 4.21. The van der Waals surface area contributed by atoms with Gasteiger partial charge in [0.2, 0.25) is 5.91 Å². The minimum Gasteiger partial charge on any atom is -0.316 e. The molecule has 1 N–H and O–H groups in total. The highest BCUT2D eigenvalue weighted by molar-refractivity contribution is 7.21. The molecule has 1 aliphatic heterocycles. The molecule has 1 atom stereocenters. The Balaban J connectivity index is 1.91. The molecule has 1 aromatic heterocycles. The molecule has 27 heavy (non-hydrogen) atoms. The standard InChI is InChI=1S/C22H18ClNO2S/c1-12-4-8-14(9-5-12)16-17-18(25)22(3,15-10-6-13(2)7-11-15)21(26)24-20(17)27-19(16)23/h4-11H,1-3H3,(H,24,26). The van der Waals surface area contributed by atoms with Crippen molar-refractivity contribution in [3.63, 3.8) is 0 Å². The number of rotatable bonds is 2. The second kappa shape index (κ2) is 6.32. The van der Waals surface area contributed by atoms with Crippen LogP contribution >= 0.6 is 22.9 Å². The summed E-state index contributed by atoms with van der Waals surface area (Å²) in [6.07, 6.45) is 0. The van der Waals surface area contributed by atoms with E-state index in [0.29, 0.717) is 26.0 Å². The molecule has 0 spiro atoms. The van der Waals surface area contributed by atoms with Crippen LogP contribution in [0.5, 0.6) is 0 Å². The fourth-order valence-electron chi connectivity index (χ4n) is 3.42. The smallest absolute Gasteiger partial charge is 0.243 e. The first-order valence-electron chi connectivity index (χ1n) is 8.65. The second-order valence-corrected chi connectivity index (χ2v) is 8.72. The van der Waals surface area contributed by atoms with Crippen molar-refractivity contribution in [3.05, 3.63) is 75.1 Å². The number of hydrogen-bond donors (Lipinski definition) is 1. The number of carbonyl (C=O) groups is 2. The number of carbonyl (C=O) groups excluding carboxylic acids is 2. The average molecular weight is 396 g/mol. The lowest BCUT2D eigenvalue weighted by molar-refractivity contribution is -0.119. The van der Waals surface area contributed by atoms with E-state index in [1.807, 2.05) is 62.4 Å². The van der Waals surface area contributed by atoms with E-state index in [2.05, 4.69) is 5.32 Å². The van der Waals surface area contributed by atoms with Crippen LogP contribution in [-0.4, -0.2) is 11.7 Å². The van der Waals surface area contributed by atoms with Crippen LogP contribution in [0.25, 0.3) is 11.1 Å². The summed E-state index contributed by atoms with van der Waals surface area (Å²) in [5.74, 6) is -0.541. The predicted octanol–water partition coefficient (Wildman–Crippen LogP) is 5.78. The fraction of sp³-hybridized carbons (Fsp3) is 0.182. The van der Waals surface area contributed by atoms with Crippen LogP contribution in [0.1, 0.15) is 34.0 Å². The van der Waals surface area contributed by atoms with E-state index < -0.39 is 5.41 Å². The molecule has 136 valence electrons. The summed E-state index contributed by atoms with van der Waals surface area (Å²) in [5, 5.41) is 3.43. The van der Waals surface area contributed by atoms with Crippen LogP contribution < -0.4 is 5.32 Å². The highest BCUT2D eigenvalue weighted by atomic mass is 35.5. The average Bonchev–Trinajstić information content (AvgIpc) is 2.97. The normalized spacial score (nSPS) is 19.0. The molecular formula is C22H18ClNO2S. The van der Waals surface area contributed by atoms with Crippen molar-refractivity contribution in [1.82, 2.24) is 0 Å². The van der Waals surface area contributed by atoms with Gasteiger partial charge in [0.15, 0.2) is 5.78 Å². The van der Waals surface area contributed by atoms with Crippen LogP contribution in [-0.2, 0) is 10.2 Å². The van der Waals surface area contributed by atoms with Crippen molar-refractivity contribution in [2.24, 2.45) is 0 Å². The van der Waals surface area contributed by atoms with Crippen LogP contribution in [0, 0.1) is 13.8 Å². The number of Topliss-reactive ketones (excluding diaryl/α,β-unsaturated/α-hetero) is 1. The molecule has 1 amide bonds. The molecule has 2 heterocycles. The maximum atomic E-state index is 13.6. The second-order valence-electron chi connectivity index (χ2n) is 7.10. The summed E-state index contributed by atoms with van der Waals surface area (Å²) in [5.41, 5.74) is 3.66. The summed E-state index contributed by atoms with van der Waals surface area (Å²) in [6.45, 7) is 5.66. The Morgan fingerprint density at radius 2 is 1.44 bits per heavy atom. The third kappa shape index (κ3) is 2.71. The van der Waals surface area contributed by atoms with E-state index in [4.69, 9.17) is 11.6 Å². The highest BCUT2D eigenvalue weighted by Gasteiger charge is 2.49. The predicted molar refractivity (Wildman–Crippen MR) is 111 cm³/mol. The van der Waals surface area contributed by atoms with Crippen LogP contribution in [0.4, 0.5) is 5.00 Å². The maximum absolute atomic E-state index is 13.6. The largest absolute Gasteiger partial charge is 0.316 e. The molecule has 0 fully saturated rings. The number of amides is 1. The van der Waals surface area contributed by atoms with E-state index >= 15 is 0 Å². The molecule has 0 aliphatic carbocycles. The molecule has 1 aliphatic rings. The van der Waals surface area contributed by atoms with E-state index in [1.165, 1.54) is 11.3 Å². The number of halogens is 1. The van der Waals surface area contributed by atoms with Crippen molar-refractivity contribution in [3.8, 4) is 11.1 Å². The molecule has 2 aromatic carbocycles. The van der Waals surface area contributed by atoms with Gasteiger partial charge in [-0.3, -0.25) is 9.59 Å². The van der Waals surface area contributed by atoms with Crippen LogP contribution in [0.2, 0.25) is 4.34 Å². The minimum absolute atomic E-state index is 0.219. The Labute approximate surface area is 167 Å². The molecule has 3 aromatic rings. The van der Waals surface area contributed by atoms with Gasteiger partial charge in [0.05, 0.1) is 5.56 Å². The number of fused-ring (bicyclic) bond motifs is 1. The first-order valence-corrected chi connectivity index (χ1v) is 9.84. The lowest BCUT2D eigenvalue weighted by Gasteiger charge is -2.32. The SMILES string of the molecule is Cc1ccc(-c2c(Cl)sc3c2C(=O)C(C)(c2ccc(C)cc2)C(=O)N3)cc1. The van der Waals surface area contributed by atoms with Crippen molar-refractivity contribution < 1.29 is 9.59 Å². The number of benzene rings is 2. The van der Waals surface area contributed by atoms with Crippen molar-refractivity contribution in [2.45, 2.75) is 26.2 Å². The lowest BCUT2D eigenvalue weighted by atomic mass is 9.72. The topological polar surface area (TPSA) is 46.2 Å². The summed E-state index contributed by atoms with van der Waals surface area (Å²) < 4.78 is 0.505. The van der Waals surface area contributed by atoms with Gasteiger partial charge < -0.3 is 5.32 Å². The zero-order chi connectivity index (χ0) is 19.3. The Morgan fingerprint density at radius 1 is 0.889 bits per heavy atom. The molecule has 1 unspecified atom stereocenters. The zero-order valence-corrected chi connectivity index (χ0v) is 16.8. The van der Waals surface area contributed by atoms with Gasteiger partial charge in [-0.2, -0.15) is 0 Å². The minimum atomic E-state index is -1.29. The van der Waals surface area contributed by atoms with Gasteiger partial charge in [0, 0.05) is 5.56 Å². The van der Waals surface area contributed by atoms with Gasteiger partial charge in [-0.15, -0.1) is 11.3 Å². The Morgan fingerprint density at radius 3 is 2.04 bits per heavy atom. The van der Waals surface area contributed by atoms with E-state index in [1.54, 1.807) is 6.92 Å². The van der Waals surface area contributed by atoms with Gasteiger partial charge in [0.25, 0.3) is 0 Å². The Bertz CT molecular complexity index is 1070. The number of aryl methyl sites for hydroxylation is 2. The van der Waals surface area contributed by atoms with E-state index in [-0.39, 0.29) is 11.7 Å². The van der Waals surface area contributed by atoms with Gasteiger partial charge in [0.1, 0.15) is 14.8 Å².